The maximum atomic E-state index is 11.4. The molecule has 3 aromatic carbocycles. The van der Waals surface area contributed by atoms with Crippen LogP contribution in [0.4, 0.5) is 0 Å². The van der Waals surface area contributed by atoms with Gasteiger partial charge in [0.1, 0.15) is 12.4 Å². The Hall–Kier alpha value is -3.86. The van der Waals surface area contributed by atoms with Crippen LogP contribution in [0.15, 0.2) is 79.1 Å². The maximum Gasteiger partial charge on any atom is 0.127 e. The third-order valence-corrected chi connectivity index (χ3v) is 5.22. The second-order valence-corrected chi connectivity index (χ2v) is 6.95. The predicted molar refractivity (Wildman–Crippen MR) is 108 cm³/mol. The summed E-state index contributed by atoms with van der Waals surface area (Å²) in [6.07, 6.45) is 3.92. The number of carbonyl (C=O) groups is 1. The summed E-state index contributed by atoms with van der Waals surface area (Å²) in [6, 6.07) is 20.8. The highest BCUT2D eigenvalue weighted by atomic mass is 16.5. The average Bonchev–Trinajstić information content (AvgIpc) is 3.09. The van der Waals surface area contributed by atoms with Crippen LogP contribution in [-0.2, 0) is 13.2 Å². The minimum absolute atomic E-state index is 0.130. The number of nitrogens with zero attached hydrogens (tertiary/aromatic N) is 2. The lowest BCUT2D eigenvalue weighted by Crippen LogP contribution is -2.22. The van der Waals surface area contributed by atoms with Crippen molar-refractivity contribution < 1.29 is 14.6 Å². The molecular formula is C24H17N2O3-. The fourth-order valence-electron chi connectivity index (χ4n) is 3.77. The number of hydrogen-bond acceptors (Lipinski definition) is 4. The molecule has 0 saturated heterocycles. The number of rotatable bonds is 3. The van der Waals surface area contributed by atoms with Gasteiger partial charge in [-0.3, -0.25) is 0 Å². The van der Waals surface area contributed by atoms with E-state index in [1.807, 2.05) is 54.9 Å². The fourth-order valence-corrected chi connectivity index (χ4v) is 3.77. The fraction of sp³-hybridized carbons (Fsp3) is 0.0833. The normalized spacial score (nSPS) is 14.1. The molecule has 0 atom stereocenters. The van der Waals surface area contributed by atoms with Crippen LogP contribution in [0.25, 0.3) is 16.6 Å². The van der Waals surface area contributed by atoms with Crippen molar-refractivity contribution in [1.29, 1.82) is 0 Å². The maximum absolute atomic E-state index is 11.4. The van der Waals surface area contributed by atoms with Crippen LogP contribution in [0.5, 0.6) is 5.75 Å². The molecule has 5 heteroatoms. The standard InChI is InChI=1S/C24H18N2O3/c27-24(28)16-9-10-23-20(13-16)19(18-6-2-1-5-17(18)14-29-23)11-12-26-15-25-21-7-3-4-8-22(21)26/h1-11,13,15H,12,14H2,(H,27,28)/p-1/b19-11-. The summed E-state index contributed by atoms with van der Waals surface area (Å²) in [6.45, 7) is 1.03. The minimum atomic E-state index is -1.20. The number of ether oxygens (including phenoxy) is 1. The van der Waals surface area contributed by atoms with Crippen molar-refractivity contribution in [1.82, 2.24) is 9.55 Å². The van der Waals surface area contributed by atoms with Gasteiger partial charge in [-0.25, -0.2) is 4.98 Å². The number of aromatic carboxylic acids is 1. The summed E-state index contributed by atoms with van der Waals surface area (Å²) in [5, 5.41) is 11.4. The first kappa shape index (κ1) is 17.3. The first-order chi connectivity index (χ1) is 14.2. The Balaban J connectivity index is 1.66. The Kier molecular flexibility index (Phi) is 4.13. The van der Waals surface area contributed by atoms with Crippen LogP contribution >= 0.6 is 0 Å². The highest BCUT2D eigenvalue weighted by Gasteiger charge is 2.19. The van der Waals surface area contributed by atoms with Gasteiger partial charge in [0, 0.05) is 12.1 Å². The minimum Gasteiger partial charge on any atom is -0.545 e. The molecule has 1 aliphatic rings. The Labute approximate surface area is 167 Å². The van der Waals surface area contributed by atoms with Crippen molar-refractivity contribution in [3.63, 3.8) is 0 Å². The van der Waals surface area contributed by atoms with Crippen molar-refractivity contribution in [2.75, 3.05) is 0 Å². The largest absolute Gasteiger partial charge is 0.545 e. The molecule has 0 aliphatic carbocycles. The van der Waals surface area contributed by atoms with E-state index in [1.165, 1.54) is 6.07 Å². The van der Waals surface area contributed by atoms with E-state index >= 15 is 0 Å². The van der Waals surface area contributed by atoms with Gasteiger partial charge in [0.05, 0.1) is 23.3 Å². The molecule has 0 spiro atoms. The lowest BCUT2D eigenvalue weighted by atomic mass is 9.93. The summed E-state index contributed by atoms with van der Waals surface area (Å²) in [5.41, 5.74) is 5.90. The Morgan fingerprint density at radius 2 is 1.90 bits per heavy atom. The molecule has 0 fully saturated rings. The highest BCUT2D eigenvalue weighted by Crippen LogP contribution is 2.37. The average molecular weight is 381 g/mol. The van der Waals surface area contributed by atoms with Crippen molar-refractivity contribution in [2.45, 2.75) is 13.2 Å². The van der Waals surface area contributed by atoms with Gasteiger partial charge in [-0.05, 0) is 52.6 Å². The van der Waals surface area contributed by atoms with Gasteiger partial charge in [-0.2, -0.15) is 0 Å². The van der Waals surface area contributed by atoms with Gasteiger partial charge in [0.25, 0.3) is 0 Å². The zero-order valence-corrected chi connectivity index (χ0v) is 15.5. The first-order valence-corrected chi connectivity index (χ1v) is 9.37. The van der Waals surface area contributed by atoms with Crippen molar-refractivity contribution >= 4 is 22.6 Å². The molecule has 142 valence electrons. The zero-order valence-electron chi connectivity index (χ0n) is 15.5. The van der Waals surface area contributed by atoms with Crippen molar-refractivity contribution in [3.05, 3.63) is 101 Å². The molecule has 29 heavy (non-hydrogen) atoms. The lowest BCUT2D eigenvalue weighted by molar-refractivity contribution is -0.255. The van der Waals surface area contributed by atoms with E-state index in [4.69, 9.17) is 4.74 Å². The Morgan fingerprint density at radius 1 is 1.07 bits per heavy atom. The number of carboxylic acid groups (broad SMARTS) is 1. The number of carbonyl (C=O) groups excluding carboxylic acids is 1. The monoisotopic (exact) mass is 381 g/mol. The molecule has 2 heterocycles. The third kappa shape index (κ3) is 3.06. The van der Waals surface area contributed by atoms with Gasteiger partial charge in [0.2, 0.25) is 0 Å². The summed E-state index contributed by atoms with van der Waals surface area (Å²) in [4.78, 5) is 15.9. The van der Waals surface area contributed by atoms with E-state index in [0.717, 1.165) is 33.3 Å². The van der Waals surface area contributed by atoms with Crippen LogP contribution in [0.1, 0.15) is 27.0 Å². The quantitative estimate of drug-likeness (QED) is 0.545. The first-order valence-electron chi connectivity index (χ1n) is 9.37. The van der Waals surface area contributed by atoms with Gasteiger partial charge >= 0.3 is 0 Å². The molecule has 0 N–H and O–H groups in total. The second-order valence-electron chi connectivity index (χ2n) is 6.95. The summed E-state index contributed by atoms with van der Waals surface area (Å²) >= 11 is 0. The van der Waals surface area contributed by atoms with Crippen LogP contribution in [-0.4, -0.2) is 15.5 Å². The number of aromatic nitrogens is 2. The van der Waals surface area contributed by atoms with Crippen molar-refractivity contribution in [2.24, 2.45) is 0 Å². The second kappa shape index (κ2) is 6.95. The topological polar surface area (TPSA) is 67.2 Å². The molecule has 0 radical (unpaired) electrons. The SMILES string of the molecule is O=C([O-])c1ccc2c(c1)/C(=C\Cn1cnc3ccccc31)c1ccccc1CO2. The van der Waals surface area contributed by atoms with Crippen LogP contribution in [0.3, 0.4) is 0 Å². The predicted octanol–water partition coefficient (Wildman–Crippen LogP) is 3.42. The van der Waals surface area contributed by atoms with Gasteiger partial charge in [0.15, 0.2) is 0 Å². The van der Waals surface area contributed by atoms with Gasteiger partial charge < -0.3 is 19.2 Å². The molecule has 1 aliphatic heterocycles. The zero-order chi connectivity index (χ0) is 19.8. The summed E-state index contributed by atoms with van der Waals surface area (Å²) in [7, 11) is 0. The molecule has 5 rings (SSSR count). The molecule has 0 saturated carbocycles. The Morgan fingerprint density at radius 3 is 2.79 bits per heavy atom. The lowest BCUT2D eigenvalue weighted by Gasteiger charge is -2.13. The van der Waals surface area contributed by atoms with Crippen LogP contribution in [0, 0.1) is 0 Å². The van der Waals surface area contributed by atoms with Gasteiger partial charge in [-0.15, -0.1) is 0 Å². The van der Waals surface area contributed by atoms with Crippen LogP contribution < -0.4 is 9.84 Å². The number of fused-ring (bicyclic) bond motifs is 3. The summed E-state index contributed by atoms with van der Waals surface area (Å²) in [5.74, 6) is -0.543. The molecule has 4 aromatic rings. The van der Waals surface area contributed by atoms with E-state index in [1.54, 1.807) is 12.1 Å². The molecule has 0 amide bonds. The van der Waals surface area contributed by atoms with Crippen LogP contribution in [0.2, 0.25) is 0 Å². The third-order valence-electron chi connectivity index (χ3n) is 5.22. The molecule has 1 aromatic heterocycles. The van der Waals surface area contributed by atoms with E-state index in [2.05, 4.69) is 15.6 Å². The van der Waals surface area contributed by atoms with E-state index < -0.39 is 5.97 Å². The summed E-state index contributed by atoms with van der Waals surface area (Å²) < 4.78 is 8.04. The van der Waals surface area contributed by atoms with Gasteiger partial charge in [-0.1, -0.05) is 42.5 Å². The molecule has 5 nitrogen and oxygen atoms in total. The number of carboxylic acids is 1. The van der Waals surface area contributed by atoms with E-state index in [-0.39, 0.29) is 5.56 Å². The number of hydrogen-bond donors (Lipinski definition) is 0. The smallest absolute Gasteiger partial charge is 0.127 e. The number of imidazole rings is 1. The number of para-hydroxylation sites is 2. The molecular weight excluding hydrogens is 364 g/mol. The number of allylic oxidation sites excluding steroid dienone is 1. The van der Waals surface area contributed by atoms with E-state index in [9.17, 15) is 9.90 Å². The molecule has 0 unspecified atom stereocenters. The molecule has 0 bridgehead atoms. The highest BCUT2D eigenvalue weighted by molar-refractivity contribution is 5.91. The van der Waals surface area contributed by atoms with Crippen molar-refractivity contribution in [3.8, 4) is 5.75 Å². The Bertz CT molecular complexity index is 1270. The number of benzene rings is 3. The van der Waals surface area contributed by atoms with E-state index in [0.29, 0.717) is 18.9 Å².